The van der Waals surface area contributed by atoms with Crippen LogP contribution in [0.1, 0.15) is 0 Å². The molecule has 0 radical (unpaired) electrons. The molecule has 1 unspecified atom stereocenters. The van der Waals surface area contributed by atoms with Crippen LogP contribution in [0.5, 0.6) is 0 Å². The van der Waals surface area contributed by atoms with E-state index in [1.165, 1.54) is 0 Å². The molecule has 0 aliphatic carbocycles. The van der Waals surface area contributed by atoms with Gasteiger partial charge in [0, 0.05) is 0 Å². The van der Waals surface area contributed by atoms with Gasteiger partial charge in [-0.3, -0.25) is 4.21 Å². The second-order valence-corrected chi connectivity index (χ2v) is 3.88. The SMILES string of the molecule is O=S([O-])S(=O)(=O)[O-].[Na+]. The van der Waals surface area contributed by atoms with E-state index in [1.54, 1.807) is 0 Å². The summed E-state index contributed by atoms with van der Waals surface area (Å²) in [5.41, 5.74) is 0. The van der Waals surface area contributed by atoms with Crippen molar-refractivity contribution < 1.29 is 51.3 Å². The summed E-state index contributed by atoms with van der Waals surface area (Å²) in [5.74, 6) is 0. The molecule has 0 N–H and O–H groups in total. The topological polar surface area (TPSA) is 97.3 Å². The van der Waals surface area contributed by atoms with Crippen molar-refractivity contribution in [1.29, 1.82) is 0 Å². The maximum absolute atomic E-state index is 9.16. The Bertz CT molecular complexity index is 165. The molecule has 0 aliphatic heterocycles. The zero-order valence-corrected chi connectivity index (χ0v) is 7.49. The normalized spacial score (nSPS) is 14.2. The first kappa shape index (κ1) is 11.8. The molecule has 0 fully saturated rings. The van der Waals surface area contributed by atoms with Crippen LogP contribution in [0.2, 0.25) is 0 Å². The van der Waals surface area contributed by atoms with E-state index in [0.29, 0.717) is 0 Å². The number of hydrogen-bond acceptors (Lipinski definition) is 5. The van der Waals surface area contributed by atoms with E-state index in [-0.39, 0.29) is 29.6 Å². The quantitative estimate of drug-likeness (QED) is 0.169. The van der Waals surface area contributed by atoms with Gasteiger partial charge in [-0.2, -0.15) is 0 Å². The van der Waals surface area contributed by atoms with Crippen LogP contribution in [0.3, 0.4) is 0 Å². The van der Waals surface area contributed by atoms with Crippen LogP contribution in [0.4, 0.5) is 0 Å². The van der Waals surface area contributed by atoms with E-state index in [2.05, 4.69) is 0 Å². The van der Waals surface area contributed by atoms with Gasteiger partial charge in [0.25, 0.3) is 0 Å². The van der Waals surface area contributed by atoms with Gasteiger partial charge in [-0.05, 0) is 0 Å². The smallest absolute Gasteiger partial charge is 0.761 e. The second-order valence-electron chi connectivity index (χ2n) is 0.612. The molecule has 0 aromatic carbocycles. The van der Waals surface area contributed by atoms with Gasteiger partial charge in [0.2, 0.25) is 0 Å². The average Bonchev–Trinajstić information content (AvgIpc) is 1.31. The molecule has 0 aromatic rings. The number of hydrogen-bond donors (Lipinski definition) is 0. The fourth-order valence-corrected chi connectivity index (χ4v) is 0. The summed E-state index contributed by atoms with van der Waals surface area (Å²) in [4.78, 5) is 0. The van der Waals surface area contributed by atoms with Crippen molar-refractivity contribution >= 4 is 19.3 Å². The first-order valence-electron chi connectivity index (χ1n) is 1.00. The third-order valence-corrected chi connectivity index (χ3v) is 1.50. The summed E-state index contributed by atoms with van der Waals surface area (Å²) in [7, 11) is -8.59. The number of rotatable bonds is 1. The van der Waals surface area contributed by atoms with Crippen LogP contribution in [0.15, 0.2) is 0 Å². The van der Waals surface area contributed by atoms with Gasteiger partial charge in [0.05, 0.1) is 10.1 Å². The van der Waals surface area contributed by atoms with Crippen molar-refractivity contribution in [2.24, 2.45) is 0 Å². The molecule has 0 bridgehead atoms. The van der Waals surface area contributed by atoms with Crippen LogP contribution in [-0.4, -0.2) is 21.7 Å². The summed E-state index contributed by atoms with van der Waals surface area (Å²) < 4.78 is 45.7. The van der Waals surface area contributed by atoms with Crippen LogP contribution >= 0.6 is 0 Å². The molecule has 0 amide bonds. The predicted molar refractivity (Wildman–Crippen MR) is 18.6 cm³/mol. The van der Waals surface area contributed by atoms with E-state index < -0.39 is 19.3 Å². The predicted octanol–water partition coefficient (Wildman–Crippen LogP) is -4.67. The minimum Gasteiger partial charge on any atom is -0.761 e. The molecule has 1 atom stereocenters. The molecule has 0 saturated carbocycles. The molecular weight excluding hydrogens is 167 g/mol. The summed E-state index contributed by atoms with van der Waals surface area (Å²) in [6.45, 7) is 0. The van der Waals surface area contributed by atoms with Crippen LogP contribution in [0.25, 0.3) is 0 Å². The molecule has 44 valence electrons. The van der Waals surface area contributed by atoms with Crippen LogP contribution < -0.4 is 29.6 Å². The van der Waals surface area contributed by atoms with Crippen molar-refractivity contribution in [3.8, 4) is 0 Å². The zero-order chi connectivity index (χ0) is 6.08. The first-order valence-corrected chi connectivity index (χ1v) is 4.00. The minimum absolute atomic E-state index is 0. The molecule has 0 rings (SSSR count). The van der Waals surface area contributed by atoms with E-state index in [1.807, 2.05) is 0 Å². The second kappa shape index (κ2) is 3.94. The standard InChI is InChI=1S/Na.H2O5S2/c;1-6(2)7(3,4)5/h;(H,1,2)(H,3,4,5)/q+1;/p-2. The molecule has 0 spiro atoms. The summed E-state index contributed by atoms with van der Waals surface area (Å²) in [6, 6.07) is 0. The van der Waals surface area contributed by atoms with Crippen LogP contribution in [0, 0.1) is 0 Å². The summed E-state index contributed by atoms with van der Waals surface area (Å²) in [5, 5.41) is 0. The monoisotopic (exact) mass is 167 g/mol. The first-order chi connectivity index (χ1) is 2.94. The minimum atomic E-state index is -5.07. The Morgan fingerprint density at radius 2 is 1.50 bits per heavy atom. The van der Waals surface area contributed by atoms with Crippen molar-refractivity contribution in [3.63, 3.8) is 0 Å². The van der Waals surface area contributed by atoms with Gasteiger partial charge in [-0.25, -0.2) is 8.42 Å². The van der Waals surface area contributed by atoms with Gasteiger partial charge in [-0.1, -0.05) is 0 Å². The Hall–Kier alpha value is 1.02. The van der Waals surface area contributed by atoms with Gasteiger partial charge in [0.1, 0.15) is 0 Å². The molecule has 5 nitrogen and oxygen atoms in total. The van der Waals surface area contributed by atoms with Crippen molar-refractivity contribution in [2.45, 2.75) is 0 Å². The fraction of sp³-hybridized carbons (Fsp3) is 0. The van der Waals surface area contributed by atoms with Gasteiger partial charge < -0.3 is 9.11 Å². The van der Waals surface area contributed by atoms with Gasteiger partial charge in [0.15, 0.2) is 9.15 Å². The molecule has 0 aliphatic rings. The maximum atomic E-state index is 9.16. The largest absolute Gasteiger partial charge is 1.00 e. The van der Waals surface area contributed by atoms with Gasteiger partial charge in [-0.15, -0.1) is 0 Å². The summed E-state index contributed by atoms with van der Waals surface area (Å²) >= 11 is 0. The third-order valence-electron chi connectivity index (χ3n) is 0.167. The molecule has 0 heterocycles. The molecule has 0 aromatic heterocycles. The Labute approximate surface area is 70.2 Å². The van der Waals surface area contributed by atoms with E-state index in [9.17, 15) is 0 Å². The Balaban J connectivity index is 0. The fourth-order valence-electron chi connectivity index (χ4n) is 0. The third kappa shape index (κ3) is 5.16. The van der Waals surface area contributed by atoms with E-state index >= 15 is 0 Å². The van der Waals surface area contributed by atoms with Crippen molar-refractivity contribution in [2.75, 3.05) is 0 Å². The zero-order valence-electron chi connectivity index (χ0n) is 3.86. The van der Waals surface area contributed by atoms with E-state index in [0.717, 1.165) is 0 Å². The Morgan fingerprint density at radius 1 is 1.38 bits per heavy atom. The van der Waals surface area contributed by atoms with Gasteiger partial charge >= 0.3 is 29.6 Å². The Morgan fingerprint density at radius 3 is 1.50 bits per heavy atom. The summed E-state index contributed by atoms with van der Waals surface area (Å²) in [6.07, 6.45) is 0. The van der Waals surface area contributed by atoms with Crippen molar-refractivity contribution in [1.82, 2.24) is 0 Å². The van der Waals surface area contributed by atoms with E-state index in [4.69, 9.17) is 21.7 Å². The van der Waals surface area contributed by atoms with Crippen LogP contribution in [-0.2, 0) is 19.3 Å². The Kier molecular flexibility index (Phi) is 5.79. The van der Waals surface area contributed by atoms with Crippen molar-refractivity contribution in [3.05, 3.63) is 0 Å². The molecular formula is NaO5S2-. The molecule has 8 heavy (non-hydrogen) atoms. The molecule has 0 saturated heterocycles. The average molecular weight is 167 g/mol. The maximum Gasteiger partial charge on any atom is 1.00 e. The molecule has 8 heteroatoms.